The number of hydrogen-bond donors (Lipinski definition) is 2. The molecule has 2 aromatic carbocycles. The molecule has 0 unspecified atom stereocenters. The summed E-state index contributed by atoms with van der Waals surface area (Å²) in [6.07, 6.45) is 0.742. The summed E-state index contributed by atoms with van der Waals surface area (Å²) in [5.41, 5.74) is 8.22. The van der Waals surface area contributed by atoms with Crippen LogP contribution in [0.1, 0.15) is 36.7 Å². The first kappa shape index (κ1) is 19.6. The molecule has 0 spiro atoms. The van der Waals surface area contributed by atoms with Crippen molar-refractivity contribution >= 4 is 28.2 Å². The molecule has 0 aliphatic heterocycles. The summed E-state index contributed by atoms with van der Waals surface area (Å²) in [6.45, 7) is 4.17. The number of carbonyl (C=O) groups is 2. The Bertz CT molecular complexity index is 996. The van der Waals surface area contributed by atoms with Crippen LogP contribution in [0.3, 0.4) is 0 Å². The topological polar surface area (TPSA) is 81.4 Å². The summed E-state index contributed by atoms with van der Waals surface area (Å²) in [7, 11) is 0. The molecule has 2 amide bonds. The van der Waals surface area contributed by atoms with E-state index in [0.717, 1.165) is 16.9 Å². The molecule has 0 atom stereocenters. The number of anilines is 1. The standard InChI is InChI=1S/C22H22N2O3S/c1-14-15(2)28-22(19(14)20(23)25)24-21(26)17-10-6-7-11-18(17)27-13-12-16-8-4-3-5-9-16/h3-11H,12-13H2,1-2H3,(H2,23,25)(H,24,26). The lowest BCUT2D eigenvalue weighted by molar-refractivity contribution is 0.100. The highest BCUT2D eigenvalue weighted by Gasteiger charge is 2.21. The number of thiophene rings is 1. The fraction of sp³-hybridized carbons (Fsp3) is 0.182. The first-order valence-corrected chi connectivity index (χ1v) is 9.76. The summed E-state index contributed by atoms with van der Waals surface area (Å²) < 4.78 is 5.86. The molecule has 1 aromatic heterocycles. The highest BCUT2D eigenvalue weighted by Crippen LogP contribution is 2.33. The molecule has 5 nitrogen and oxygen atoms in total. The smallest absolute Gasteiger partial charge is 0.260 e. The zero-order valence-electron chi connectivity index (χ0n) is 15.8. The highest BCUT2D eigenvalue weighted by atomic mass is 32.1. The first-order chi connectivity index (χ1) is 13.5. The van der Waals surface area contributed by atoms with E-state index in [4.69, 9.17) is 10.5 Å². The average molecular weight is 394 g/mol. The quantitative estimate of drug-likeness (QED) is 0.625. The van der Waals surface area contributed by atoms with Gasteiger partial charge in [-0.15, -0.1) is 11.3 Å². The molecule has 28 heavy (non-hydrogen) atoms. The third-order valence-corrected chi connectivity index (χ3v) is 5.60. The number of rotatable bonds is 7. The highest BCUT2D eigenvalue weighted by molar-refractivity contribution is 7.16. The summed E-state index contributed by atoms with van der Waals surface area (Å²) in [6, 6.07) is 17.1. The molecule has 0 saturated heterocycles. The lowest BCUT2D eigenvalue weighted by atomic mass is 10.1. The number of para-hydroxylation sites is 1. The Morgan fingerprint density at radius 2 is 1.71 bits per heavy atom. The van der Waals surface area contributed by atoms with Gasteiger partial charge in [0, 0.05) is 11.3 Å². The summed E-state index contributed by atoms with van der Waals surface area (Å²) in [4.78, 5) is 25.5. The van der Waals surface area contributed by atoms with Crippen molar-refractivity contribution in [3.63, 3.8) is 0 Å². The summed E-state index contributed by atoms with van der Waals surface area (Å²) in [5, 5.41) is 3.28. The predicted octanol–water partition coefficient (Wildman–Crippen LogP) is 4.34. The van der Waals surface area contributed by atoms with E-state index in [9.17, 15) is 9.59 Å². The predicted molar refractivity (Wildman–Crippen MR) is 112 cm³/mol. The molecule has 0 aliphatic rings. The van der Waals surface area contributed by atoms with Crippen LogP contribution < -0.4 is 15.8 Å². The third kappa shape index (κ3) is 4.40. The van der Waals surface area contributed by atoms with Gasteiger partial charge in [-0.1, -0.05) is 42.5 Å². The number of nitrogens with two attached hydrogens (primary N) is 1. The van der Waals surface area contributed by atoms with Crippen LogP contribution in [0, 0.1) is 13.8 Å². The second-order valence-electron chi connectivity index (χ2n) is 6.39. The number of benzene rings is 2. The van der Waals surface area contributed by atoms with E-state index in [1.807, 2.05) is 50.2 Å². The lowest BCUT2D eigenvalue weighted by Crippen LogP contribution is -2.18. The van der Waals surface area contributed by atoms with Crippen LogP contribution in [0.25, 0.3) is 0 Å². The van der Waals surface area contributed by atoms with Crippen LogP contribution in [0.2, 0.25) is 0 Å². The maximum Gasteiger partial charge on any atom is 0.260 e. The van der Waals surface area contributed by atoms with Crippen molar-refractivity contribution < 1.29 is 14.3 Å². The molecule has 144 valence electrons. The molecular weight excluding hydrogens is 372 g/mol. The third-order valence-electron chi connectivity index (χ3n) is 4.48. The van der Waals surface area contributed by atoms with Gasteiger partial charge < -0.3 is 15.8 Å². The number of aryl methyl sites for hydroxylation is 1. The van der Waals surface area contributed by atoms with Crippen LogP contribution >= 0.6 is 11.3 Å². The van der Waals surface area contributed by atoms with Crippen molar-refractivity contribution in [2.75, 3.05) is 11.9 Å². The lowest BCUT2D eigenvalue weighted by Gasteiger charge is -2.12. The molecule has 0 saturated carbocycles. The minimum Gasteiger partial charge on any atom is -0.492 e. The van der Waals surface area contributed by atoms with Crippen molar-refractivity contribution in [3.05, 3.63) is 81.7 Å². The Hall–Kier alpha value is -3.12. The zero-order chi connectivity index (χ0) is 20.1. The summed E-state index contributed by atoms with van der Waals surface area (Å²) in [5.74, 6) is -0.384. The molecular formula is C22H22N2O3S. The van der Waals surface area contributed by atoms with Gasteiger partial charge in [0.15, 0.2) is 0 Å². The van der Waals surface area contributed by atoms with Gasteiger partial charge in [-0.3, -0.25) is 9.59 Å². The normalized spacial score (nSPS) is 10.5. The molecule has 3 aromatic rings. The van der Waals surface area contributed by atoms with E-state index in [2.05, 4.69) is 5.32 Å². The van der Waals surface area contributed by atoms with Crippen molar-refractivity contribution in [1.29, 1.82) is 0 Å². The largest absolute Gasteiger partial charge is 0.492 e. The molecule has 0 fully saturated rings. The monoisotopic (exact) mass is 394 g/mol. The Morgan fingerprint density at radius 3 is 2.43 bits per heavy atom. The Balaban J connectivity index is 1.74. The number of primary amides is 1. The van der Waals surface area contributed by atoms with Crippen molar-refractivity contribution in [2.45, 2.75) is 20.3 Å². The van der Waals surface area contributed by atoms with E-state index in [0.29, 0.717) is 28.5 Å². The fourth-order valence-corrected chi connectivity index (χ4v) is 3.95. The summed E-state index contributed by atoms with van der Waals surface area (Å²) >= 11 is 1.34. The van der Waals surface area contributed by atoms with Crippen LogP contribution in [-0.2, 0) is 6.42 Å². The van der Waals surface area contributed by atoms with Gasteiger partial charge in [0.05, 0.1) is 17.7 Å². The maximum atomic E-state index is 12.8. The van der Waals surface area contributed by atoms with Crippen LogP contribution in [0.5, 0.6) is 5.75 Å². The van der Waals surface area contributed by atoms with Gasteiger partial charge in [-0.25, -0.2) is 0 Å². The first-order valence-electron chi connectivity index (χ1n) is 8.94. The minimum atomic E-state index is -0.551. The SMILES string of the molecule is Cc1sc(NC(=O)c2ccccc2OCCc2ccccc2)c(C(N)=O)c1C. The molecule has 3 rings (SSSR count). The Labute approximate surface area is 168 Å². The minimum absolute atomic E-state index is 0.334. The number of hydrogen-bond acceptors (Lipinski definition) is 4. The van der Waals surface area contributed by atoms with E-state index >= 15 is 0 Å². The number of amides is 2. The zero-order valence-corrected chi connectivity index (χ0v) is 16.6. The molecule has 1 heterocycles. The van der Waals surface area contributed by atoms with Gasteiger partial charge in [0.1, 0.15) is 10.8 Å². The van der Waals surface area contributed by atoms with E-state index in [-0.39, 0.29) is 5.91 Å². The van der Waals surface area contributed by atoms with Crippen molar-refractivity contribution in [1.82, 2.24) is 0 Å². The number of nitrogens with one attached hydrogen (secondary N) is 1. The molecule has 0 aliphatic carbocycles. The average Bonchev–Trinajstić information content (AvgIpc) is 2.96. The van der Waals surface area contributed by atoms with Gasteiger partial charge >= 0.3 is 0 Å². The second-order valence-corrected chi connectivity index (χ2v) is 7.61. The molecule has 6 heteroatoms. The second kappa shape index (κ2) is 8.71. The molecule has 0 radical (unpaired) electrons. The van der Waals surface area contributed by atoms with Crippen LogP contribution in [-0.4, -0.2) is 18.4 Å². The number of carbonyl (C=O) groups excluding carboxylic acids is 2. The van der Waals surface area contributed by atoms with Gasteiger partial charge in [0.2, 0.25) is 0 Å². The molecule has 3 N–H and O–H groups in total. The van der Waals surface area contributed by atoms with Crippen molar-refractivity contribution in [2.24, 2.45) is 5.73 Å². The van der Waals surface area contributed by atoms with E-state index in [1.165, 1.54) is 16.9 Å². The van der Waals surface area contributed by atoms with E-state index < -0.39 is 5.91 Å². The van der Waals surface area contributed by atoms with Crippen molar-refractivity contribution in [3.8, 4) is 5.75 Å². The Kier molecular flexibility index (Phi) is 6.11. The van der Waals surface area contributed by atoms with E-state index in [1.54, 1.807) is 18.2 Å². The van der Waals surface area contributed by atoms with Gasteiger partial charge in [0.25, 0.3) is 11.8 Å². The Morgan fingerprint density at radius 1 is 1.04 bits per heavy atom. The van der Waals surface area contributed by atoms with Crippen LogP contribution in [0.15, 0.2) is 54.6 Å². The van der Waals surface area contributed by atoms with Crippen LogP contribution in [0.4, 0.5) is 5.00 Å². The number of ether oxygens (including phenoxy) is 1. The fourth-order valence-electron chi connectivity index (χ4n) is 2.89. The van der Waals surface area contributed by atoms with Gasteiger partial charge in [-0.05, 0) is 37.1 Å². The molecule has 0 bridgehead atoms. The maximum absolute atomic E-state index is 12.8. The van der Waals surface area contributed by atoms with Gasteiger partial charge in [-0.2, -0.15) is 0 Å².